The molecule has 1 saturated heterocycles. The van der Waals surface area contributed by atoms with Crippen LogP contribution < -0.4 is 0 Å². The number of hydrogen-bond donors (Lipinski definition) is 1. The Morgan fingerprint density at radius 1 is 0.914 bits per heavy atom. The average Bonchev–Trinajstić information content (AvgIpc) is 3.28. The Kier molecular flexibility index (Phi) is 9.02. The van der Waals surface area contributed by atoms with Crippen LogP contribution in [0.1, 0.15) is 45.6 Å². The lowest BCUT2D eigenvalue weighted by Gasteiger charge is -2.39. The Hall–Kier alpha value is -3.66. The number of benzene rings is 1. The molecule has 0 unspecified atom stereocenters. The number of para-hydroxylation sites is 1. The van der Waals surface area contributed by atoms with Gasteiger partial charge in [-0.2, -0.15) is 0 Å². The molecule has 0 amide bonds. The molecule has 4 atom stereocenters. The van der Waals surface area contributed by atoms with Gasteiger partial charge >= 0.3 is 23.9 Å². The zero-order chi connectivity index (χ0) is 25.4. The first kappa shape index (κ1) is 26.0. The van der Waals surface area contributed by atoms with E-state index in [2.05, 4.69) is 4.98 Å². The van der Waals surface area contributed by atoms with Gasteiger partial charge in [0.25, 0.3) is 0 Å². The summed E-state index contributed by atoms with van der Waals surface area (Å²) >= 11 is 0. The molecule has 1 aromatic heterocycles. The quantitative estimate of drug-likeness (QED) is 0.322. The van der Waals surface area contributed by atoms with Gasteiger partial charge in [0.15, 0.2) is 12.2 Å². The van der Waals surface area contributed by atoms with E-state index in [-0.39, 0.29) is 25.9 Å². The fraction of sp³-hybridized carbons (Fsp3) is 0.440. The molecule has 10 heteroatoms. The molecule has 0 saturated carbocycles. The minimum Gasteiger partial charge on any atom is -0.456 e. The van der Waals surface area contributed by atoms with Gasteiger partial charge < -0.3 is 28.7 Å². The van der Waals surface area contributed by atoms with Crippen molar-refractivity contribution in [3.05, 3.63) is 42.1 Å². The highest BCUT2D eigenvalue weighted by molar-refractivity contribution is 5.94. The van der Waals surface area contributed by atoms with Crippen molar-refractivity contribution in [2.45, 2.75) is 64.6 Å². The number of aromatic nitrogens is 1. The number of fused-ring (bicyclic) bond motifs is 1. The van der Waals surface area contributed by atoms with Gasteiger partial charge in [-0.05, 0) is 12.1 Å². The van der Waals surface area contributed by atoms with E-state index < -0.39 is 48.5 Å². The number of esters is 4. The standard InChI is InChI=1S/C25H29NO9/c1-4-19(27)32-18-14-31-25(24(34-21(29)6-3)23(18)33-20(28)5-2)35-22(30)12-11-15-13-26-17-10-8-7-9-16(15)17/h7-13,18,23-26H,4-6,14H2,1-3H3/b12-11+/t18-,23-,24+,25-/m0/s1. The summed E-state index contributed by atoms with van der Waals surface area (Å²) in [6, 6.07) is 7.60. The lowest BCUT2D eigenvalue weighted by molar-refractivity contribution is -0.273. The van der Waals surface area contributed by atoms with Gasteiger partial charge in [-0.1, -0.05) is 39.0 Å². The van der Waals surface area contributed by atoms with Gasteiger partial charge in [-0.25, -0.2) is 4.79 Å². The molecule has 0 radical (unpaired) electrons. The predicted molar refractivity (Wildman–Crippen MR) is 124 cm³/mol. The van der Waals surface area contributed by atoms with Crippen molar-refractivity contribution < 1.29 is 42.9 Å². The second-order valence-electron chi connectivity index (χ2n) is 7.76. The molecule has 0 aliphatic carbocycles. The van der Waals surface area contributed by atoms with Gasteiger partial charge in [-0.3, -0.25) is 14.4 Å². The Balaban J connectivity index is 1.80. The molecule has 3 rings (SSSR count). The second-order valence-corrected chi connectivity index (χ2v) is 7.76. The van der Waals surface area contributed by atoms with Crippen molar-refractivity contribution in [2.75, 3.05) is 6.61 Å². The summed E-state index contributed by atoms with van der Waals surface area (Å²) in [4.78, 5) is 51.8. The molecular formula is C25H29NO9. The highest BCUT2D eigenvalue weighted by atomic mass is 16.7. The van der Waals surface area contributed by atoms with Crippen molar-refractivity contribution in [1.82, 2.24) is 4.98 Å². The zero-order valence-corrected chi connectivity index (χ0v) is 19.9. The number of rotatable bonds is 9. The normalized spacial score (nSPS) is 22.0. The minimum atomic E-state index is -1.38. The highest BCUT2D eigenvalue weighted by Gasteiger charge is 2.49. The van der Waals surface area contributed by atoms with Gasteiger partial charge in [0.05, 0.1) is 6.61 Å². The molecule has 2 heterocycles. The molecule has 1 aliphatic rings. The molecule has 1 aliphatic heterocycles. The van der Waals surface area contributed by atoms with Crippen LogP contribution in [0.5, 0.6) is 0 Å². The molecule has 1 fully saturated rings. The van der Waals surface area contributed by atoms with E-state index >= 15 is 0 Å². The van der Waals surface area contributed by atoms with Crippen LogP contribution in [0.15, 0.2) is 36.5 Å². The molecule has 1 aromatic carbocycles. The van der Waals surface area contributed by atoms with Crippen LogP contribution in [-0.4, -0.2) is 60.1 Å². The molecule has 10 nitrogen and oxygen atoms in total. The molecule has 0 bridgehead atoms. The van der Waals surface area contributed by atoms with E-state index in [1.165, 1.54) is 6.08 Å². The van der Waals surface area contributed by atoms with E-state index in [4.69, 9.17) is 23.7 Å². The predicted octanol–water partition coefficient (Wildman–Crippen LogP) is 3.05. The molecular weight excluding hydrogens is 458 g/mol. The molecule has 1 N–H and O–H groups in total. The molecule has 2 aromatic rings. The summed E-state index contributed by atoms with van der Waals surface area (Å²) in [6.45, 7) is 4.56. The van der Waals surface area contributed by atoms with E-state index in [1.807, 2.05) is 24.3 Å². The van der Waals surface area contributed by atoms with Gasteiger partial charge in [-0.15, -0.1) is 0 Å². The summed E-state index contributed by atoms with van der Waals surface area (Å²) < 4.78 is 27.2. The number of carbonyl (C=O) groups excluding carboxylic acids is 4. The Labute approximate surface area is 202 Å². The summed E-state index contributed by atoms with van der Waals surface area (Å²) in [5.74, 6) is -2.54. The largest absolute Gasteiger partial charge is 0.456 e. The van der Waals surface area contributed by atoms with Gasteiger partial charge in [0.2, 0.25) is 12.4 Å². The number of nitrogens with one attached hydrogen (secondary N) is 1. The monoisotopic (exact) mass is 487 g/mol. The van der Waals surface area contributed by atoms with Crippen molar-refractivity contribution in [3.63, 3.8) is 0 Å². The lowest BCUT2D eigenvalue weighted by Crippen LogP contribution is -2.58. The Morgan fingerprint density at radius 2 is 1.54 bits per heavy atom. The minimum absolute atomic E-state index is 0.0193. The van der Waals surface area contributed by atoms with Crippen LogP contribution in [0.4, 0.5) is 0 Å². The van der Waals surface area contributed by atoms with Crippen molar-refractivity contribution in [3.8, 4) is 0 Å². The molecule has 35 heavy (non-hydrogen) atoms. The topological polar surface area (TPSA) is 130 Å². The second kappa shape index (κ2) is 12.2. The van der Waals surface area contributed by atoms with Crippen molar-refractivity contribution in [2.24, 2.45) is 0 Å². The van der Waals surface area contributed by atoms with E-state index in [0.717, 1.165) is 16.5 Å². The Bertz CT molecular complexity index is 1090. The first-order valence-electron chi connectivity index (χ1n) is 11.5. The summed E-state index contributed by atoms with van der Waals surface area (Å²) in [7, 11) is 0. The average molecular weight is 488 g/mol. The fourth-order valence-corrected chi connectivity index (χ4v) is 3.48. The van der Waals surface area contributed by atoms with Crippen LogP contribution in [0.2, 0.25) is 0 Å². The van der Waals surface area contributed by atoms with Crippen molar-refractivity contribution >= 4 is 40.9 Å². The SMILES string of the molecule is CCC(=O)O[C@@H]1[C@@H](OC(=O)CC)[C@H](OC(=O)/C=C/c2c[nH]c3ccccc23)OC[C@@H]1OC(=O)CC. The highest BCUT2D eigenvalue weighted by Crippen LogP contribution is 2.26. The fourth-order valence-electron chi connectivity index (χ4n) is 3.48. The van der Waals surface area contributed by atoms with Crippen LogP contribution in [0, 0.1) is 0 Å². The maximum atomic E-state index is 12.6. The Morgan fingerprint density at radius 3 is 2.23 bits per heavy atom. The molecule has 0 spiro atoms. The van der Waals surface area contributed by atoms with E-state index in [1.54, 1.807) is 33.0 Å². The number of hydrogen-bond acceptors (Lipinski definition) is 9. The van der Waals surface area contributed by atoms with Gasteiger partial charge in [0.1, 0.15) is 0 Å². The number of ether oxygens (including phenoxy) is 5. The van der Waals surface area contributed by atoms with Crippen LogP contribution in [0.25, 0.3) is 17.0 Å². The van der Waals surface area contributed by atoms with Crippen molar-refractivity contribution in [1.29, 1.82) is 0 Å². The van der Waals surface area contributed by atoms with Crippen LogP contribution in [0.3, 0.4) is 0 Å². The molecule has 188 valence electrons. The summed E-state index contributed by atoms with van der Waals surface area (Å²) in [5.41, 5.74) is 1.69. The summed E-state index contributed by atoms with van der Waals surface area (Å²) in [6.07, 6.45) is -0.258. The first-order chi connectivity index (χ1) is 16.9. The number of carbonyl (C=O) groups is 4. The smallest absolute Gasteiger partial charge is 0.333 e. The van der Waals surface area contributed by atoms with Gasteiger partial charge in [0, 0.05) is 48.0 Å². The van der Waals surface area contributed by atoms with Crippen LogP contribution >= 0.6 is 0 Å². The van der Waals surface area contributed by atoms with Crippen LogP contribution in [-0.2, 0) is 42.9 Å². The maximum Gasteiger partial charge on any atom is 0.333 e. The maximum absolute atomic E-state index is 12.6. The third kappa shape index (κ3) is 6.69. The third-order valence-electron chi connectivity index (χ3n) is 5.32. The zero-order valence-electron chi connectivity index (χ0n) is 19.9. The van der Waals surface area contributed by atoms with E-state index in [9.17, 15) is 19.2 Å². The third-order valence-corrected chi connectivity index (χ3v) is 5.32. The van der Waals surface area contributed by atoms with E-state index in [0.29, 0.717) is 0 Å². The first-order valence-corrected chi connectivity index (χ1v) is 11.5. The number of aromatic amines is 1. The number of H-pyrrole nitrogens is 1. The lowest BCUT2D eigenvalue weighted by atomic mass is 10.0. The summed E-state index contributed by atoms with van der Waals surface area (Å²) in [5, 5.41) is 0.923.